The second kappa shape index (κ2) is 7.44. The van der Waals surface area contributed by atoms with Crippen molar-refractivity contribution in [3.05, 3.63) is 59.5 Å². The highest BCUT2D eigenvalue weighted by Gasteiger charge is 2.16. The smallest absolute Gasteiger partial charge is 0.251 e. The lowest BCUT2D eigenvalue weighted by atomic mass is 10.1. The Hall–Kier alpha value is -2.11. The number of benzene rings is 1. The molecule has 1 atom stereocenters. The van der Waals surface area contributed by atoms with Gasteiger partial charge in [-0.1, -0.05) is 12.1 Å². The Kier molecular flexibility index (Phi) is 5.10. The Balaban J connectivity index is 1.52. The number of rotatable bonds is 5. The minimum Gasteiger partial charge on any atom is -0.467 e. The molecule has 1 aromatic heterocycles. The fourth-order valence-corrected chi connectivity index (χ4v) is 2.74. The summed E-state index contributed by atoms with van der Waals surface area (Å²) in [4.78, 5) is 14.5. The maximum absolute atomic E-state index is 12.1. The highest BCUT2D eigenvalue weighted by molar-refractivity contribution is 5.94. The molecule has 1 fully saturated rings. The standard InChI is InChI=1S/C18H22N2O3/c1-14-12-20(8-10-22-14)13-15-4-6-16(7-5-15)18(21)19-11-17-3-2-9-23-17/h2-7,9,14H,8,10-13H2,1H3,(H,19,21)/t14-/m1/s1. The highest BCUT2D eigenvalue weighted by atomic mass is 16.5. The van der Waals surface area contributed by atoms with Gasteiger partial charge in [-0.2, -0.15) is 0 Å². The van der Waals surface area contributed by atoms with E-state index in [0.717, 1.165) is 32.0 Å². The van der Waals surface area contributed by atoms with Crippen molar-refractivity contribution in [1.29, 1.82) is 0 Å². The van der Waals surface area contributed by atoms with Gasteiger partial charge in [-0.3, -0.25) is 9.69 Å². The van der Waals surface area contributed by atoms with Crippen molar-refractivity contribution in [2.75, 3.05) is 19.7 Å². The largest absolute Gasteiger partial charge is 0.467 e. The molecule has 2 aromatic rings. The van der Waals surface area contributed by atoms with Crippen molar-refractivity contribution >= 4 is 5.91 Å². The van der Waals surface area contributed by atoms with Crippen molar-refractivity contribution in [1.82, 2.24) is 10.2 Å². The van der Waals surface area contributed by atoms with E-state index in [1.165, 1.54) is 5.56 Å². The number of hydrogen-bond acceptors (Lipinski definition) is 4. The lowest BCUT2D eigenvalue weighted by Gasteiger charge is -2.31. The van der Waals surface area contributed by atoms with Gasteiger partial charge < -0.3 is 14.5 Å². The SMILES string of the molecule is C[C@@H]1CN(Cc2ccc(C(=O)NCc3ccco3)cc2)CCO1. The Morgan fingerprint density at radius 1 is 1.30 bits per heavy atom. The van der Waals surface area contributed by atoms with Crippen LogP contribution in [0.4, 0.5) is 0 Å². The first-order chi connectivity index (χ1) is 11.2. The van der Waals surface area contributed by atoms with Gasteiger partial charge in [0, 0.05) is 25.2 Å². The van der Waals surface area contributed by atoms with E-state index in [0.29, 0.717) is 12.1 Å². The predicted octanol–water partition coefficient (Wildman–Crippen LogP) is 2.43. The molecule has 0 bridgehead atoms. The summed E-state index contributed by atoms with van der Waals surface area (Å²) in [6.45, 7) is 6.08. The molecule has 1 aromatic carbocycles. The maximum atomic E-state index is 12.1. The average Bonchev–Trinajstić information content (AvgIpc) is 3.07. The van der Waals surface area contributed by atoms with Gasteiger partial charge in [0.15, 0.2) is 0 Å². The molecule has 1 amide bonds. The van der Waals surface area contributed by atoms with Crippen molar-refractivity contribution in [2.24, 2.45) is 0 Å². The van der Waals surface area contributed by atoms with Gasteiger partial charge in [0.2, 0.25) is 0 Å². The molecule has 5 heteroatoms. The number of ether oxygens (including phenoxy) is 1. The molecule has 23 heavy (non-hydrogen) atoms. The van der Waals surface area contributed by atoms with Crippen LogP contribution in [0.5, 0.6) is 0 Å². The summed E-state index contributed by atoms with van der Waals surface area (Å²) in [6, 6.07) is 11.4. The Morgan fingerprint density at radius 2 is 2.13 bits per heavy atom. The van der Waals surface area contributed by atoms with E-state index in [9.17, 15) is 4.79 Å². The molecule has 1 N–H and O–H groups in total. The van der Waals surface area contributed by atoms with Crippen LogP contribution in [0, 0.1) is 0 Å². The first-order valence-corrected chi connectivity index (χ1v) is 7.94. The first kappa shape index (κ1) is 15.8. The van der Waals surface area contributed by atoms with Gasteiger partial charge in [-0.05, 0) is 36.8 Å². The van der Waals surface area contributed by atoms with Crippen molar-refractivity contribution in [3.8, 4) is 0 Å². The van der Waals surface area contributed by atoms with E-state index in [4.69, 9.17) is 9.15 Å². The van der Waals surface area contributed by atoms with Crippen LogP contribution in [-0.2, 0) is 17.8 Å². The average molecular weight is 314 g/mol. The quantitative estimate of drug-likeness (QED) is 0.921. The molecule has 3 rings (SSSR count). The van der Waals surface area contributed by atoms with Gasteiger partial charge in [-0.25, -0.2) is 0 Å². The maximum Gasteiger partial charge on any atom is 0.251 e. The van der Waals surface area contributed by atoms with Gasteiger partial charge in [0.1, 0.15) is 5.76 Å². The number of amides is 1. The molecule has 5 nitrogen and oxygen atoms in total. The van der Waals surface area contributed by atoms with Crippen molar-refractivity contribution in [2.45, 2.75) is 26.1 Å². The molecule has 0 radical (unpaired) electrons. The third-order valence-electron chi connectivity index (χ3n) is 3.95. The van der Waals surface area contributed by atoms with Gasteiger partial charge >= 0.3 is 0 Å². The fraction of sp³-hybridized carbons (Fsp3) is 0.389. The first-order valence-electron chi connectivity index (χ1n) is 7.94. The van der Waals surface area contributed by atoms with Crippen molar-refractivity contribution < 1.29 is 13.9 Å². The predicted molar refractivity (Wildman–Crippen MR) is 87.0 cm³/mol. The molecule has 0 spiro atoms. The number of furan rings is 1. The molecule has 0 aliphatic carbocycles. The molecule has 2 heterocycles. The minimum atomic E-state index is -0.0899. The summed E-state index contributed by atoms with van der Waals surface area (Å²) in [5.41, 5.74) is 1.87. The summed E-state index contributed by atoms with van der Waals surface area (Å²) in [7, 11) is 0. The van der Waals surface area contributed by atoms with Gasteiger partial charge in [-0.15, -0.1) is 0 Å². The summed E-state index contributed by atoms with van der Waals surface area (Å²) < 4.78 is 10.8. The van der Waals surface area contributed by atoms with Crippen LogP contribution < -0.4 is 5.32 Å². The number of carbonyl (C=O) groups is 1. The van der Waals surface area contributed by atoms with E-state index in [1.54, 1.807) is 6.26 Å². The van der Waals surface area contributed by atoms with E-state index in [-0.39, 0.29) is 12.0 Å². The zero-order chi connectivity index (χ0) is 16.1. The van der Waals surface area contributed by atoms with Crippen LogP contribution >= 0.6 is 0 Å². The number of nitrogens with zero attached hydrogens (tertiary/aromatic N) is 1. The Morgan fingerprint density at radius 3 is 2.83 bits per heavy atom. The molecule has 0 saturated carbocycles. The Labute approximate surface area is 136 Å². The van der Waals surface area contributed by atoms with E-state index in [1.807, 2.05) is 36.4 Å². The zero-order valence-corrected chi connectivity index (χ0v) is 13.3. The number of carbonyl (C=O) groups excluding carboxylic acids is 1. The molecule has 1 saturated heterocycles. The molecule has 1 aliphatic heterocycles. The molecular weight excluding hydrogens is 292 g/mol. The van der Waals surface area contributed by atoms with Crippen LogP contribution in [0.25, 0.3) is 0 Å². The summed E-state index contributed by atoms with van der Waals surface area (Å²) in [6.07, 6.45) is 1.89. The number of nitrogens with one attached hydrogen (secondary N) is 1. The minimum absolute atomic E-state index is 0.0899. The summed E-state index contributed by atoms with van der Waals surface area (Å²) in [5.74, 6) is 0.657. The highest BCUT2D eigenvalue weighted by Crippen LogP contribution is 2.11. The molecular formula is C18H22N2O3. The van der Waals surface area contributed by atoms with Gasteiger partial charge in [0.25, 0.3) is 5.91 Å². The van der Waals surface area contributed by atoms with Crippen LogP contribution in [0.2, 0.25) is 0 Å². The van der Waals surface area contributed by atoms with E-state index in [2.05, 4.69) is 17.1 Å². The van der Waals surface area contributed by atoms with Crippen molar-refractivity contribution in [3.63, 3.8) is 0 Å². The van der Waals surface area contributed by atoms with E-state index >= 15 is 0 Å². The summed E-state index contributed by atoms with van der Waals surface area (Å²) >= 11 is 0. The topological polar surface area (TPSA) is 54.7 Å². The number of morpholine rings is 1. The lowest BCUT2D eigenvalue weighted by Crippen LogP contribution is -2.40. The zero-order valence-electron chi connectivity index (χ0n) is 13.3. The van der Waals surface area contributed by atoms with Crippen LogP contribution in [0.1, 0.15) is 28.6 Å². The third-order valence-corrected chi connectivity index (χ3v) is 3.95. The van der Waals surface area contributed by atoms with E-state index < -0.39 is 0 Å². The monoisotopic (exact) mass is 314 g/mol. The number of hydrogen-bond donors (Lipinski definition) is 1. The van der Waals surface area contributed by atoms with Crippen LogP contribution in [0.3, 0.4) is 0 Å². The fourth-order valence-electron chi connectivity index (χ4n) is 2.74. The summed E-state index contributed by atoms with van der Waals surface area (Å²) in [5, 5.41) is 2.85. The van der Waals surface area contributed by atoms with Crippen LogP contribution in [0.15, 0.2) is 47.1 Å². The molecule has 0 unspecified atom stereocenters. The van der Waals surface area contributed by atoms with Gasteiger partial charge in [0.05, 0.1) is 25.5 Å². The molecule has 1 aliphatic rings. The van der Waals surface area contributed by atoms with Crippen LogP contribution in [-0.4, -0.2) is 36.6 Å². The lowest BCUT2D eigenvalue weighted by molar-refractivity contribution is -0.0212. The third kappa shape index (κ3) is 4.43. The molecule has 122 valence electrons. The second-order valence-electron chi connectivity index (χ2n) is 5.88. The Bertz CT molecular complexity index is 622. The normalized spacial score (nSPS) is 18.7. The second-order valence-corrected chi connectivity index (χ2v) is 5.88.